The van der Waals surface area contributed by atoms with Gasteiger partial charge in [-0.05, 0) is 63.2 Å². The fourth-order valence-corrected chi connectivity index (χ4v) is 9.37. The van der Waals surface area contributed by atoms with Crippen molar-refractivity contribution in [2.24, 2.45) is 0 Å². The summed E-state index contributed by atoms with van der Waals surface area (Å²) in [6, 6.07) is 70.2. The summed E-state index contributed by atoms with van der Waals surface area (Å²) < 4.78 is 7.14. The molecule has 1 spiro atoms. The van der Waals surface area contributed by atoms with Crippen molar-refractivity contribution in [1.29, 1.82) is 0 Å². The van der Waals surface area contributed by atoms with E-state index in [0.29, 0.717) is 17.5 Å². The molecule has 5 nitrogen and oxygen atoms in total. The van der Waals surface area contributed by atoms with Crippen LogP contribution in [-0.2, 0) is 5.41 Å². The maximum atomic E-state index is 7.14. The first-order valence-electron chi connectivity index (χ1n) is 20.2. The minimum atomic E-state index is -0.618. The lowest BCUT2D eigenvalue weighted by atomic mass is 9.66. The summed E-state index contributed by atoms with van der Waals surface area (Å²) in [6.07, 6.45) is 1.86. The third-order valence-corrected chi connectivity index (χ3v) is 12.0. The van der Waals surface area contributed by atoms with E-state index in [1.54, 1.807) is 0 Å². The molecule has 0 N–H and O–H groups in total. The molecule has 0 amide bonds. The van der Waals surface area contributed by atoms with Crippen LogP contribution in [-0.4, -0.2) is 19.9 Å². The first kappa shape index (κ1) is 34.1. The van der Waals surface area contributed by atoms with Crippen molar-refractivity contribution in [2.45, 2.75) is 5.41 Å². The molecule has 0 radical (unpaired) electrons. The Balaban J connectivity index is 1.05. The summed E-state index contributed by atoms with van der Waals surface area (Å²) in [5, 5.41) is 1.12. The molecule has 10 aromatic rings. The van der Waals surface area contributed by atoms with Gasteiger partial charge in [0.15, 0.2) is 17.5 Å². The van der Waals surface area contributed by atoms with Gasteiger partial charge in [0.1, 0.15) is 11.5 Å². The first-order chi connectivity index (χ1) is 29.7. The highest BCUT2D eigenvalue weighted by Crippen LogP contribution is 2.62. The van der Waals surface area contributed by atoms with E-state index < -0.39 is 5.41 Å². The van der Waals surface area contributed by atoms with Crippen LogP contribution in [0.15, 0.2) is 206 Å². The standard InChI is InChI=1S/C55H34N4O/c1-3-14-36(15-4-1)52-57-53(37-16-5-2-6-17-37)59-54(58-52)41-28-30-48-50(34-41)60-49-33-39(38-19-11-20-40(32-38)42-24-12-18-35-21-13-31-56-51(35)42)27-29-47(49)55(48)45-25-9-7-22-43(45)44-23-8-10-26-46(44)55/h1-34H. The average molecular weight is 767 g/mol. The number of hydrogen-bond donors (Lipinski definition) is 0. The predicted molar refractivity (Wildman–Crippen MR) is 240 cm³/mol. The van der Waals surface area contributed by atoms with Crippen molar-refractivity contribution < 1.29 is 4.74 Å². The third kappa shape index (κ3) is 5.26. The smallest absolute Gasteiger partial charge is 0.164 e. The third-order valence-electron chi connectivity index (χ3n) is 12.0. The molecule has 0 saturated carbocycles. The second-order valence-corrected chi connectivity index (χ2v) is 15.4. The largest absolute Gasteiger partial charge is 0.457 e. The molecule has 280 valence electrons. The van der Waals surface area contributed by atoms with Crippen LogP contribution in [0.5, 0.6) is 11.5 Å². The molecule has 8 aromatic carbocycles. The van der Waals surface area contributed by atoms with Gasteiger partial charge in [0, 0.05) is 45.0 Å². The van der Waals surface area contributed by atoms with Crippen LogP contribution in [0.2, 0.25) is 0 Å². The molecule has 2 aliphatic rings. The molecule has 1 aliphatic carbocycles. The van der Waals surface area contributed by atoms with Crippen molar-refractivity contribution in [2.75, 3.05) is 0 Å². The molecular weight excluding hydrogens is 733 g/mol. The number of aromatic nitrogens is 4. The zero-order valence-electron chi connectivity index (χ0n) is 32.3. The Morgan fingerprint density at radius 3 is 1.48 bits per heavy atom. The molecule has 60 heavy (non-hydrogen) atoms. The summed E-state index contributed by atoms with van der Waals surface area (Å²) >= 11 is 0. The minimum Gasteiger partial charge on any atom is -0.457 e. The molecule has 2 aromatic heterocycles. The quantitative estimate of drug-likeness (QED) is 0.175. The van der Waals surface area contributed by atoms with Crippen LogP contribution in [0, 0.1) is 0 Å². The monoisotopic (exact) mass is 766 g/mol. The summed E-state index contributed by atoms with van der Waals surface area (Å²) in [6.45, 7) is 0. The fourth-order valence-electron chi connectivity index (χ4n) is 9.37. The molecule has 0 bridgehead atoms. The SMILES string of the molecule is c1ccc(-c2nc(-c3ccccc3)nc(-c3ccc4c(c3)Oc3cc(-c5cccc(-c6cccc7cccnc67)c5)ccc3C43c4ccccc4-c4ccccc43)n2)cc1. The summed E-state index contributed by atoms with van der Waals surface area (Å²) in [4.78, 5) is 19.9. The molecule has 3 heterocycles. The van der Waals surface area contributed by atoms with E-state index in [9.17, 15) is 0 Å². The van der Waals surface area contributed by atoms with Gasteiger partial charge in [-0.3, -0.25) is 4.98 Å². The molecule has 0 saturated heterocycles. The molecule has 12 rings (SSSR count). The van der Waals surface area contributed by atoms with Gasteiger partial charge in [-0.1, -0.05) is 176 Å². The second-order valence-electron chi connectivity index (χ2n) is 15.4. The Labute approximate surface area is 347 Å². The Morgan fingerprint density at radius 2 is 0.817 bits per heavy atom. The topological polar surface area (TPSA) is 60.8 Å². The zero-order chi connectivity index (χ0) is 39.6. The average Bonchev–Trinajstić information content (AvgIpc) is 3.62. The number of rotatable bonds is 5. The van der Waals surface area contributed by atoms with Gasteiger partial charge >= 0.3 is 0 Å². The summed E-state index contributed by atoms with van der Waals surface area (Å²) in [5.41, 5.74) is 14.6. The van der Waals surface area contributed by atoms with Crippen molar-refractivity contribution in [1.82, 2.24) is 19.9 Å². The molecule has 0 fully saturated rings. The van der Waals surface area contributed by atoms with Gasteiger partial charge in [0.2, 0.25) is 0 Å². The van der Waals surface area contributed by atoms with E-state index in [2.05, 4.69) is 133 Å². The number of hydrogen-bond acceptors (Lipinski definition) is 5. The molecule has 1 aliphatic heterocycles. The Bertz CT molecular complexity index is 3200. The predicted octanol–water partition coefficient (Wildman–Crippen LogP) is 13.2. The van der Waals surface area contributed by atoms with E-state index in [-0.39, 0.29) is 0 Å². The van der Waals surface area contributed by atoms with Gasteiger partial charge < -0.3 is 4.74 Å². The molecule has 0 atom stereocenters. The minimum absolute atomic E-state index is 0.578. The molecular formula is C55H34N4O. The summed E-state index contributed by atoms with van der Waals surface area (Å²) in [7, 11) is 0. The number of fused-ring (bicyclic) bond motifs is 10. The van der Waals surface area contributed by atoms with Crippen LogP contribution in [0.3, 0.4) is 0 Å². The fraction of sp³-hybridized carbons (Fsp3) is 0.0182. The van der Waals surface area contributed by atoms with Crippen molar-refractivity contribution in [3.05, 3.63) is 229 Å². The van der Waals surface area contributed by atoms with Gasteiger partial charge in [0.25, 0.3) is 0 Å². The Kier molecular flexibility index (Phi) is 7.69. The maximum Gasteiger partial charge on any atom is 0.164 e. The van der Waals surface area contributed by atoms with E-state index in [1.165, 1.54) is 22.3 Å². The lowest BCUT2D eigenvalue weighted by Crippen LogP contribution is -2.32. The summed E-state index contributed by atoms with van der Waals surface area (Å²) in [5.74, 6) is 3.39. The Morgan fingerprint density at radius 1 is 0.333 bits per heavy atom. The van der Waals surface area contributed by atoms with Crippen LogP contribution >= 0.6 is 0 Å². The second kappa shape index (κ2) is 13.5. The van der Waals surface area contributed by atoms with Crippen molar-refractivity contribution >= 4 is 10.9 Å². The maximum absolute atomic E-state index is 7.14. The first-order valence-corrected chi connectivity index (χ1v) is 20.2. The normalized spacial score (nSPS) is 12.9. The highest BCUT2D eigenvalue weighted by molar-refractivity contribution is 5.95. The lowest BCUT2D eigenvalue weighted by molar-refractivity contribution is 0.437. The van der Waals surface area contributed by atoms with E-state index in [1.807, 2.05) is 72.9 Å². The highest BCUT2D eigenvalue weighted by atomic mass is 16.5. The lowest BCUT2D eigenvalue weighted by Gasteiger charge is -2.39. The number of benzene rings is 8. The van der Waals surface area contributed by atoms with Crippen LogP contribution in [0.25, 0.3) is 78.4 Å². The highest BCUT2D eigenvalue weighted by Gasteiger charge is 2.51. The van der Waals surface area contributed by atoms with E-state index in [0.717, 1.165) is 72.5 Å². The number of nitrogens with zero attached hydrogens (tertiary/aromatic N) is 4. The zero-order valence-corrected chi connectivity index (χ0v) is 32.3. The van der Waals surface area contributed by atoms with Crippen molar-refractivity contribution in [3.63, 3.8) is 0 Å². The molecule has 5 heteroatoms. The van der Waals surface area contributed by atoms with Gasteiger partial charge in [-0.15, -0.1) is 0 Å². The van der Waals surface area contributed by atoms with E-state index >= 15 is 0 Å². The van der Waals surface area contributed by atoms with Crippen LogP contribution in [0.1, 0.15) is 22.3 Å². The van der Waals surface area contributed by atoms with E-state index in [4.69, 9.17) is 24.7 Å². The van der Waals surface area contributed by atoms with Crippen LogP contribution < -0.4 is 4.74 Å². The molecule has 0 unspecified atom stereocenters. The van der Waals surface area contributed by atoms with Gasteiger partial charge in [-0.25, -0.2) is 15.0 Å². The number of ether oxygens (including phenoxy) is 1. The number of pyridine rings is 1. The Hall–Kier alpha value is -8.02. The van der Waals surface area contributed by atoms with Crippen LogP contribution in [0.4, 0.5) is 0 Å². The number of para-hydroxylation sites is 1. The van der Waals surface area contributed by atoms with Crippen molar-refractivity contribution in [3.8, 4) is 79.0 Å². The van der Waals surface area contributed by atoms with Gasteiger partial charge in [0.05, 0.1) is 10.9 Å². The van der Waals surface area contributed by atoms with Gasteiger partial charge in [-0.2, -0.15) is 0 Å².